The van der Waals surface area contributed by atoms with Crippen molar-refractivity contribution in [1.82, 2.24) is 0 Å². The van der Waals surface area contributed by atoms with Gasteiger partial charge < -0.3 is 10.6 Å². The van der Waals surface area contributed by atoms with Crippen LogP contribution in [0, 0.1) is 12.7 Å². The molecule has 0 saturated carbocycles. The Morgan fingerprint density at radius 3 is 2.86 bits per heavy atom. The van der Waals surface area contributed by atoms with Gasteiger partial charge in [-0.1, -0.05) is 12.1 Å². The Hall–Kier alpha value is -2.36. The molecule has 0 bridgehead atoms. The largest absolute Gasteiger partial charge is 0.399 e. The molecule has 0 unspecified atom stereocenters. The lowest BCUT2D eigenvalue weighted by Crippen LogP contribution is -2.34. The van der Waals surface area contributed by atoms with Crippen LogP contribution >= 0.6 is 0 Å². The average Bonchev–Trinajstić information content (AvgIpc) is 2.46. The Labute approximate surface area is 123 Å². The van der Waals surface area contributed by atoms with Gasteiger partial charge in [0.05, 0.1) is 6.54 Å². The van der Waals surface area contributed by atoms with E-state index in [0.29, 0.717) is 19.4 Å². The number of benzene rings is 2. The van der Waals surface area contributed by atoms with Gasteiger partial charge >= 0.3 is 0 Å². The predicted octanol–water partition coefficient (Wildman–Crippen LogP) is 3.20. The van der Waals surface area contributed by atoms with Gasteiger partial charge in [0, 0.05) is 17.8 Å². The molecular formula is C17H17FN2O. The Bertz CT molecular complexity index is 712. The van der Waals surface area contributed by atoms with Crippen molar-refractivity contribution in [2.24, 2.45) is 0 Å². The number of carbonyl (C=O) groups excluding carboxylic acids is 1. The van der Waals surface area contributed by atoms with E-state index in [4.69, 9.17) is 5.73 Å². The van der Waals surface area contributed by atoms with E-state index >= 15 is 0 Å². The monoisotopic (exact) mass is 284 g/mol. The highest BCUT2D eigenvalue weighted by atomic mass is 19.1. The first kappa shape index (κ1) is 13.6. The lowest BCUT2D eigenvalue weighted by molar-refractivity contribution is -0.119. The summed E-state index contributed by atoms with van der Waals surface area (Å²) in [5.74, 6) is -0.195. The summed E-state index contributed by atoms with van der Waals surface area (Å²) in [6.07, 6.45) is 1.01. The standard InChI is InChI=1S/C17H17FN2O/c1-11-13(3-2-4-15(11)19)10-20-16-7-6-14(18)9-12(16)5-8-17(20)21/h2-4,6-7,9H,5,8,10,19H2,1H3. The molecule has 1 amide bonds. The Balaban J connectivity index is 1.99. The number of halogens is 1. The molecule has 1 aliphatic rings. The first-order valence-corrected chi connectivity index (χ1v) is 6.99. The Morgan fingerprint density at radius 1 is 1.24 bits per heavy atom. The number of nitrogen functional groups attached to an aromatic ring is 1. The van der Waals surface area contributed by atoms with Gasteiger partial charge in [-0.05, 0) is 54.3 Å². The van der Waals surface area contributed by atoms with Crippen LogP contribution in [0.4, 0.5) is 15.8 Å². The first-order chi connectivity index (χ1) is 10.1. The van der Waals surface area contributed by atoms with Crippen LogP contribution in [-0.4, -0.2) is 5.91 Å². The van der Waals surface area contributed by atoms with Crippen molar-refractivity contribution >= 4 is 17.3 Å². The number of nitrogens with two attached hydrogens (primary N) is 1. The summed E-state index contributed by atoms with van der Waals surface area (Å²) in [5, 5.41) is 0. The summed E-state index contributed by atoms with van der Waals surface area (Å²) in [6, 6.07) is 10.3. The summed E-state index contributed by atoms with van der Waals surface area (Å²) in [6.45, 7) is 2.42. The Morgan fingerprint density at radius 2 is 2.05 bits per heavy atom. The van der Waals surface area contributed by atoms with Crippen LogP contribution in [0.3, 0.4) is 0 Å². The molecule has 0 radical (unpaired) electrons. The highest BCUT2D eigenvalue weighted by molar-refractivity contribution is 5.96. The van der Waals surface area contributed by atoms with Crippen LogP contribution in [-0.2, 0) is 17.8 Å². The molecule has 1 heterocycles. The maximum Gasteiger partial charge on any atom is 0.227 e. The number of anilines is 2. The molecule has 0 fully saturated rings. The summed E-state index contributed by atoms with van der Waals surface area (Å²) in [5.41, 5.74) is 10.3. The van der Waals surface area contributed by atoms with Gasteiger partial charge in [-0.3, -0.25) is 4.79 Å². The van der Waals surface area contributed by atoms with E-state index < -0.39 is 0 Å². The zero-order chi connectivity index (χ0) is 15.0. The topological polar surface area (TPSA) is 46.3 Å². The predicted molar refractivity (Wildman–Crippen MR) is 81.5 cm³/mol. The third kappa shape index (κ3) is 2.49. The van der Waals surface area contributed by atoms with Crippen LogP contribution in [0.5, 0.6) is 0 Å². The molecule has 0 aliphatic carbocycles. The third-order valence-corrected chi connectivity index (χ3v) is 4.06. The second-order valence-electron chi connectivity index (χ2n) is 5.38. The summed E-state index contributed by atoms with van der Waals surface area (Å²) in [7, 11) is 0. The molecule has 21 heavy (non-hydrogen) atoms. The maximum atomic E-state index is 13.3. The van der Waals surface area contributed by atoms with Crippen molar-refractivity contribution in [3.63, 3.8) is 0 Å². The molecule has 0 spiro atoms. The average molecular weight is 284 g/mol. The SMILES string of the molecule is Cc1c(N)cccc1CN1C(=O)CCc2cc(F)ccc21. The van der Waals surface area contributed by atoms with E-state index in [1.54, 1.807) is 11.0 Å². The smallest absolute Gasteiger partial charge is 0.227 e. The normalized spacial score (nSPS) is 14.2. The number of amides is 1. The fraction of sp³-hybridized carbons (Fsp3) is 0.235. The van der Waals surface area contributed by atoms with Gasteiger partial charge in [0.25, 0.3) is 0 Å². The van der Waals surface area contributed by atoms with E-state index in [0.717, 1.165) is 28.1 Å². The van der Waals surface area contributed by atoms with Crippen molar-refractivity contribution in [2.75, 3.05) is 10.6 Å². The number of hydrogen-bond donors (Lipinski definition) is 1. The molecule has 4 heteroatoms. The molecular weight excluding hydrogens is 267 g/mol. The van der Waals surface area contributed by atoms with Crippen molar-refractivity contribution in [2.45, 2.75) is 26.3 Å². The van der Waals surface area contributed by atoms with Gasteiger partial charge in [-0.25, -0.2) is 4.39 Å². The third-order valence-electron chi connectivity index (χ3n) is 4.06. The maximum absolute atomic E-state index is 13.3. The number of hydrogen-bond acceptors (Lipinski definition) is 2. The molecule has 2 aromatic carbocycles. The highest BCUT2D eigenvalue weighted by Gasteiger charge is 2.25. The fourth-order valence-corrected chi connectivity index (χ4v) is 2.75. The molecule has 3 rings (SSSR count). The minimum Gasteiger partial charge on any atom is -0.399 e. The molecule has 108 valence electrons. The zero-order valence-electron chi connectivity index (χ0n) is 11.9. The first-order valence-electron chi connectivity index (χ1n) is 6.99. The van der Waals surface area contributed by atoms with Crippen molar-refractivity contribution in [1.29, 1.82) is 0 Å². The quantitative estimate of drug-likeness (QED) is 0.861. The van der Waals surface area contributed by atoms with Gasteiger partial charge in [-0.2, -0.15) is 0 Å². The molecule has 2 aromatic rings. The number of carbonyl (C=O) groups is 1. The lowest BCUT2D eigenvalue weighted by atomic mass is 9.99. The van der Waals surface area contributed by atoms with Crippen molar-refractivity contribution in [3.05, 3.63) is 58.9 Å². The van der Waals surface area contributed by atoms with Gasteiger partial charge in [-0.15, -0.1) is 0 Å². The lowest BCUT2D eigenvalue weighted by Gasteiger charge is -2.30. The molecule has 0 aromatic heterocycles. The van der Waals surface area contributed by atoms with Crippen LogP contribution in [0.1, 0.15) is 23.1 Å². The fourth-order valence-electron chi connectivity index (χ4n) is 2.75. The van der Waals surface area contributed by atoms with Crippen LogP contribution < -0.4 is 10.6 Å². The minimum absolute atomic E-state index is 0.0657. The zero-order valence-corrected chi connectivity index (χ0v) is 11.9. The summed E-state index contributed by atoms with van der Waals surface area (Å²) in [4.78, 5) is 14.0. The van der Waals surface area contributed by atoms with Crippen LogP contribution in [0.2, 0.25) is 0 Å². The summed E-state index contributed by atoms with van der Waals surface area (Å²) >= 11 is 0. The second kappa shape index (κ2) is 5.20. The van der Waals surface area contributed by atoms with Crippen molar-refractivity contribution < 1.29 is 9.18 Å². The number of rotatable bonds is 2. The molecule has 1 aliphatic heterocycles. The number of nitrogens with zero attached hydrogens (tertiary/aromatic N) is 1. The van der Waals surface area contributed by atoms with Gasteiger partial charge in [0.2, 0.25) is 5.91 Å². The molecule has 2 N–H and O–H groups in total. The number of aryl methyl sites for hydroxylation is 1. The molecule has 0 saturated heterocycles. The van der Waals surface area contributed by atoms with Gasteiger partial charge in [0.1, 0.15) is 5.82 Å². The van der Waals surface area contributed by atoms with Crippen molar-refractivity contribution in [3.8, 4) is 0 Å². The van der Waals surface area contributed by atoms with Crippen LogP contribution in [0.15, 0.2) is 36.4 Å². The van der Waals surface area contributed by atoms with E-state index in [9.17, 15) is 9.18 Å². The second-order valence-corrected chi connectivity index (χ2v) is 5.38. The Kier molecular flexibility index (Phi) is 3.37. The minimum atomic E-state index is -0.261. The van der Waals surface area contributed by atoms with E-state index in [1.165, 1.54) is 12.1 Å². The van der Waals surface area contributed by atoms with E-state index in [-0.39, 0.29) is 11.7 Å². The highest BCUT2D eigenvalue weighted by Crippen LogP contribution is 2.30. The van der Waals surface area contributed by atoms with Gasteiger partial charge in [0.15, 0.2) is 0 Å². The number of fused-ring (bicyclic) bond motifs is 1. The van der Waals surface area contributed by atoms with E-state index in [1.807, 2.05) is 25.1 Å². The molecule has 0 atom stereocenters. The summed E-state index contributed by atoms with van der Waals surface area (Å²) < 4.78 is 13.3. The van der Waals surface area contributed by atoms with E-state index in [2.05, 4.69) is 0 Å². The molecule has 3 nitrogen and oxygen atoms in total. The van der Waals surface area contributed by atoms with Crippen LogP contribution in [0.25, 0.3) is 0 Å².